The number of nitrogens with zero attached hydrogens (tertiary/aromatic N) is 1. The number of nitrogens with one attached hydrogen (secondary N) is 1. The van der Waals surface area contributed by atoms with Crippen molar-refractivity contribution < 1.29 is 4.74 Å². The Morgan fingerprint density at radius 3 is 3.07 bits per heavy atom. The number of ether oxygens (including phenoxy) is 1. The number of hydrogen-bond acceptors (Lipinski definition) is 4. The van der Waals surface area contributed by atoms with Crippen LogP contribution in [0.25, 0.3) is 0 Å². The van der Waals surface area contributed by atoms with E-state index < -0.39 is 0 Å². The lowest BCUT2D eigenvalue weighted by Gasteiger charge is -2.24. The standard InChI is InChI=1S/C10H14ClN3O/c1-10(4-5-15-6-10)14-9-7(12)2-3-8(11)13-9/h2-3H,4-6,12H2,1H3,(H,13,14). The Kier molecular flexibility index (Phi) is 2.71. The third-order valence-electron chi connectivity index (χ3n) is 2.53. The normalized spacial score (nSPS) is 25.5. The first-order chi connectivity index (χ1) is 7.09. The van der Waals surface area contributed by atoms with E-state index in [9.17, 15) is 0 Å². The molecule has 1 unspecified atom stereocenters. The summed E-state index contributed by atoms with van der Waals surface area (Å²) in [5.41, 5.74) is 6.31. The van der Waals surface area contributed by atoms with E-state index in [0.29, 0.717) is 23.3 Å². The van der Waals surface area contributed by atoms with Crippen molar-refractivity contribution >= 4 is 23.1 Å². The number of hydrogen-bond donors (Lipinski definition) is 2. The summed E-state index contributed by atoms with van der Waals surface area (Å²) in [6.45, 7) is 3.52. The Bertz CT molecular complexity index is 364. The van der Waals surface area contributed by atoms with Gasteiger partial charge in [0.05, 0.1) is 17.8 Å². The number of rotatable bonds is 2. The molecule has 2 heterocycles. The smallest absolute Gasteiger partial charge is 0.151 e. The van der Waals surface area contributed by atoms with Crippen LogP contribution < -0.4 is 11.1 Å². The van der Waals surface area contributed by atoms with Crippen molar-refractivity contribution in [3.63, 3.8) is 0 Å². The number of pyridine rings is 1. The van der Waals surface area contributed by atoms with Gasteiger partial charge in [0.15, 0.2) is 5.82 Å². The molecule has 1 atom stereocenters. The van der Waals surface area contributed by atoms with Crippen LogP contribution in [-0.4, -0.2) is 23.7 Å². The quantitative estimate of drug-likeness (QED) is 0.758. The summed E-state index contributed by atoms with van der Waals surface area (Å²) in [6.07, 6.45) is 0.945. The van der Waals surface area contributed by atoms with E-state index in [4.69, 9.17) is 22.1 Å². The van der Waals surface area contributed by atoms with Crippen LogP contribution in [0.15, 0.2) is 12.1 Å². The maximum atomic E-state index is 5.81. The van der Waals surface area contributed by atoms with Gasteiger partial charge in [-0.3, -0.25) is 0 Å². The number of aromatic nitrogens is 1. The fourth-order valence-corrected chi connectivity index (χ4v) is 1.75. The molecule has 82 valence electrons. The predicted octanol–water partition coefficient (Wildman–Crippen LogP) is 1.91. The highest BCUT2D eigenvalue weighted by Crippen LogP contribution is 2.26. The summed E-state index contributed by atoms with van der Waals surface area (Å²) in [4.78, 5) is 4.16. The zero-order valence-electron chi connectivity index (χ0n) is 8.59. The van der Waals surface area contributed by atoms with Crippen LogP contribution in [0.2, 0.25) is 5.15 Å². The lowest BCUT2D eigenvalue weighted by molar-refractivity contribution is 0.185. The average molecular weight is 228 g/mol. The first kappa shape index (κ1) is 10.5. The van der Waals surface area contributed by atoms with Gasteiger partial charge < -0.3 is 15.8 Å². The fraction of sp³-hybridized carbons (Fsp3) is 0.500. The zero-order valence-corrected chi connectivity index (χ0v) is 9.34. The van der Waals surface area contributed by atoms with Crippen LogP contribution >= 0.6 is 11.6 Å². The topological polar surface area (TPSA) is 60.2 Å². The van der Waals surface area contributed by atoms with Gasteiger partial charge in [-0.15, -0.1) is 0 Å². The van der Waals surface area contributed by atoms with Crippen LogP contribution in [0.5, 0.6) is 0 Å². The molecule has 5 heteroatoms. The molecule has 1 aromatic rings. The minimum atomic E-state index is -0.0915. The SMILES string of the molecule is CC1(Nc2nc(Cl)ccc2N)CCOC1. The molecule has 0 radical (unpaired) electrons. The molecule has 4 nitrogen and oxygen atoms in total. The molecular weight excluding hydrogens is 214 g/mol. The fourth-order valence-electron chi connectivity index (χ4n) is 1.60. The molecule has 1 saturated heterocycles. The number of nitrogens with two attached hydrogens (primary N) is 1. The van der Waals surface area contributed by atoms with Crippen molar-refractivity contribution in [3.05, 3.63) is 17.3 Å². The van der Waals surface area contributed by atoms with E-state index in [2.05, 4.69) is 17.2 Å². The Hall–Kier alpha value is -1.00. The predicted molar refractivity (Wildman–Crippen MR) is 61.1 cm³/mol. The van der Waals surface area contributed by atoms with Crippen molar-refractivity contribution in [2.45, 2.75) is 18.9 Å². The van der Waals surface area contributed by atoms with Crippen molar-refractivity contribution in [1.82, 2.24) is 4.98 Å². The lowest BCUT2D eigenvalue weighted by Crippen LogP contribution is -2.35. The molecule has 0 bridgehead atoms. The van der Waals surface area contributed by atoms with Gasteiger partial charge in [-0.05, 0) is 25.5 Å². The van der Waals surface area contributed by atoms with Crippen molar-refractivity contribution in [3.8, 4) is 0 Å². The summed E-state index contributed by atoms with van der Waals surface area (Å²) in [6, 6.07) is 3.42. The molecule has 3 N–H and O–H groups in total. The van der Waals surface area contributed by atoms with Crippen molar-refractivity contribution in [1.29, 1.82) is 0 Å². The third-order valence-corrected chi connectivity index (χ3v) is 2.74. The molecule has 1 aliphatic heterocycles. The van der Waals surface area contributed by atoms with Gasteiger partial charge in [-0.1, -0.05) is 11.6 Å². The average Bonchev–Trinajstić information content (AvgIpc) is 2.59. The van der Waals surface area contributed by atoms with Gasteiger partial charge in [0, 0.05) is 6.61 Å². The van der Waals surface area contributed by atoms with Gasteiger partial charge in [0.1, 0.15) is 5.15 Å². The number of nitrogen functional groups attached to an aromatic ring is 1. The van der Waals surface area contributed by atoms with Gasteiger partial charge in [0.25, 0.3) is 0 Å². The summed E-state index contributed by atoms with van der Waals surface area (Å²) in [7, 11) is 0. The highest BCUT2D eigenvalue weighted by molar-refractivity contribution is 6.29. The molecule has 1 aromatic heterocycles. The molecule has 1 fully saturated rings. The molecule has 0 aliphatic carbocycles. The highest BCUT2D eigenvalue weighted by atomic mass is 35.5. The van der Waals surface area contributed by atoms with E-state index in [-0.39, 0.29) is 5.54 Å². The van der Waals surface area contributed by atoms with Gasteiger partial charge in [-0.25, -0.2) is 4.98 Å². The number of halogens is 1. The third kappa shape index (κ3) is 2.33. The first-order valence-corrected chi connectivity index (χ1v) is 5.25. The lowest BCUT2D eigenvalue weighted by atomic mass is 10.0. The van der Waals surface area contributed by atoms with Crippen LogP contribution in [0, 0.1) is 0 Å². The van der Waals surface area contributed by atoms with Gasteiger partial charge >= 0.3 is 0 Å². The zero-order chi connectivity index (χ0) is 10.9. The summed E-state index contributed by atoms with van der Waals surface area (Å²) in [5, 5.41) is 3.72. The molecule has 2 rings (SSSR count). The summed E-state index contributed by atoms with van der Waals surface area (Å²) < 4.78 is 5.34. The Labute approximate surface area is 93.8 Å². The number of anilines is 2. The summed E-state index contributed by atoms with van der Waals surface area (Å²) in [5.74, 6) is 0.635. The largest absolute Gasteiger partial charge is 0.396 e. The maximum Gasteiger partial charge on any atom is 0.151 e. The van der Waals surface area contributed by atoms with Crippen LogP contribution in [-0.2, 0) is 4.74 Å². The maximum absolute atomic E-state index is 5.81. The van der Waals surface area contributed by atoms with E-state index in [1.54, 1.807) is 12.1 Å². The van der Waals surface area contributed by atoms with Crippen LogP contribution in [0.1, 0.15) is 13.3 Å². The monoisotopic (exact) mass is 227 g/mol. The minimum Gasteiger partial charge on any atom is -0.396 e. The Morgan fingerprint density at radius 1 is 1.60 bits per heavy atom. The molecule has 0 aromatic carbocycles. The van der Waals surface area contributed by atoms with Gasteiger partial charge in [0.2, 0.25) is 0 Å². The first-order valence-electron chi connectivity index (χ1n) is 4.87. The van der Waals surface area contributed by atoms with E-state index in [0.717, 1.165) is 13.0 Å². The highest BCUT2D eigenvalue weighted by Gasteiger charge is 2.30. The van der Waals surface area contributed by atoms with E-state index in [1.807, 2.05) is 0 Å². The second-order valence-electron chi connectivity index (χ2n) is 4.06. The Morgan fingerprint density at radius 2 is 2.40 bits per heavy atom. The molecule has 0 spiro atoms. The molecule has 1 aliphatic rings. The van der Waals surface area contributed by atoms with Crippen LogP contribution in [0.3, 0.4) is 0 Å². The molecule has 0 amide bonds. The van der Waals surface area contributed by atoms with Crippen LogP contribution in [0.4, 0.5) is 11.5 Å². The molecule has 15 heavy (non-hydrogen) atoms. The van der Waals surface area contributed by atoms with Gasteiger partial charge in [-0.2, -0.15) is 0 Å². The minimum absolute atomic E-state index is 0.0915. The molecule has 0 saturated carbocycles. The Balaban J connectivity index is 2.19. The van der Waals surface area contributed by atoms with Crippen molar-refractivity contribution in [2.24, 2.45) is 0 Å². The van der Waals surface area contributed by atoms with Crippen molar-refractivity contribution in [2.75, 3.05) is 24.3 Å². The second-order valence-corrected chi connectivity index (χ2v) is 4.45. The molecular formula is C10H14ClN3O. The summed E-state index contributed by atoms with van der Waals surface area (Å²) >= 11 is 5.81. The van der Waals surface area contributed by atoms with E-state index in [1.165, 1.54) is 0 Å². The van der Waals surface area contributed by atoms with E-state index >= 15 is 0 Å². The second kappa shape index (κ2) is 3.87.